The maximum atomic E-state index is 13.2. The lowest BCUT2D eigenvalue weighted by molar-refractivity contribution is -0.153. The lowest BCUT2D eigenvalue weighted by Gasteiger charge is -2.34. The number of nitrogens with zero attached hydrogens (tertiary/aromatic N) is 1. The number of hydrogen-bond acceptors (Lipinski definition) is 2. The van der Waals surface area contributed by atoms with Gasteiger partial charge in [-0.3, -0.25) is 4.79 Å². The summed E-state index contributed by atoms with van der Waals surface area (Å²) >= 11 is 0. The van der Waals surface area contributed by atoms with Gasteiger partial charge in [0.25, 0.3) is 0 Å². The number of carboxylic acids is 1. The first-order chi connectivity index (χ1) is 9.99. The van der Waals surface area contributed by atoms with Crippen LogP contribution >= 0.6 is 0 Å². The highest BCUT2D eigenvalue weighted by molar-refractivity contribution is 5.85. The van der Waals surface area contributed by atoms with E-state index in [2.05, 4.69) is 0 Å². The van der Waals surface area contributed by atoms with Crippen LogP contribution in [0.15, 0.2) is 24.3 Å². The minimum atomic E-state index is -0.944. The van der Waals surface area contributed by atoms with Gasteiger partial charge in [-0.15, -0.1) is 0 Å². The van der Waals surface area contributed by atoms with Crippen LogP contribution in [0.25, 0.3) is 0 Å². The molecule has 0 bridgehead atoms. The molecule has 1 aliphatic heterocycles. The van der Waals surface area contributed by atoms with Gasteiger partial charge in [0.1, 0.15) is 11.9 Å². The van der Waals surface area contributed by atoms with E-state index < -0.39 is 12.0 Å². The lowest BCUT2D eigenvalue weighted by atomic mass is 9.96. The normalized spacial score (nSPS) is 20.1. The number of rotatable bonds is 4. The van der Waals surface area contributed by atoms with Gasteiger partial charge in [-0.2, -0.15) is 0 Å². The monoisotopic (exact) mass is 293 g/mol. The molecule has 1 saturated heterocycles. The third-order valence-corrected chi connectivity index (χ3v) is 3.92. The number of carbonyl (C=O) groups is 2. The summed E-state index contributed by atoms with van der Waals surface area (Å²) in [6.07, 6.45) is 2.59. The molecular formula is C16H20FNO3. The van der Waals surface area contributed by atoms with Crippen molar-refractivity contribution >= 4 is 11.9 Å². The van der Waals surface area contributed by atoms with Gasteiger partial charge in [0, 0.05) is 12.5 Å². The number of carbonyl (C=O) groups excluding carboxylic acids is 1. The van der Waals surface area contributed by atoms with Gasteiger partial charge >= 0.3 is 5.97 Å². The topological polar surface area (TPSA) is 57.6 Å². The molecule has 0 spiro atoms. The lowest BCUT2D eigenvalue weighted by Crippen LogP contribution is -2.50. The number of halogens is 1. The van der Waals surface area contributed by atoms with Crippen molar-refractivity contribution in [2.24, 2.45) is 5.92 Å². The molecule has 4 nitrogen and oxygen atoms in total. The van der Waals surface area contributed by atoms with Crippen molar-refractivity contribution in [2.75, 3.05) is 6.54 Å². The van der Waals surface area contributed by atoms with Crippen LogP contribution in [0.1, 0.15) is 31.7 Å². The summed E-state index contributed by atoms with van der Waals surface area (Å²) in [7, 11) is 0. The fraction of sp³-hybridized carbons (Fsp3) is 0.500. The molecule has 1 amide bonds. The number of amides is 1. The van der Waals surface area contributed by atoms with Crippen molar-refractivity contribution in [1.82, 2.24) is 4.90 Å². The zero-order chi connectivity index (χ0) is 15.4. The molecule has 5 heteroatoms. The van der Waals surface area contributed by atoms with E-state index in [9.17, 15) is 19.1 Å². The Bertz CT molecular complexity index is 532. The Morgan fingerprint density at radius 2 is 2.19 bits per heavy atom. The summed E-state index contributed by atoms with van der Waals surface area (Å²) in [5, 5.41) is 9.22. The quantitative estimate of drug-likeness (QED) is 0.927. The number of carboxylic acid groups (broad SMARTS) is 1. The Morgan fingerprint density at radius 1 is 1.43 bits per heavy atom. The average molecular weight is 293 g/mol. The summed E-state index contributed by atoms with van der Waals surface area (Å²) in [5.74, 6) is -1.78. The highest BCUT2D eigenvalue weighted by atomic mass is 19.1. The van der Waals surface area contributed by atoms with E-state index in [-0.39, 0.29) is 17.6 Å². The van der Waals surface area contributed by atoms with Gasteiger partial charge in [0.2, 0.25) is 5.91 Å². The molecule has 2 rings (SSSR count). The van der Waals surface area contributed by atoms with Gasteiger partial charge in [-0.05, 0) is 43.4 Å². The minimum absolute atomic E-state index is 0.161. The number of likely N-dealkylation sites (tertiary alicyclic amines) is 1. The molecule has 0 aromatic heterocycles. The van der Waals surface area contributed by atoms with Crippen molar-refractivity contribution in [1.29, 1.82) is 0 Å². The predicted molar refractivity (Wildman–Crippen MR) is 76.3 cm³/mol. The average Bonchev–Trinajstić information content (AvgIpc) is 2.46. The van der Waals surface area contributed by atoms with Crippen LogP contribution in [0.3, 0.4) is 0 Å². The fourth-order valence-electron chi connectivity index (χ4n) is 2.84. The third kappa shape index (κ3) is 3.80. The van der Waals surface area contributed by atoms with E-state index in [4.69, 9.17) is 0 Å². The SMILES string of the molecule is CC(Cc1cccc(F)c1)C(=O)N1CCCC[C@@H]1C(=O)O. The predicted octanol–water partition coefficient (Wildman–Crippen LogP) is 2.47. The molecule has 1 heterocycles. The van der Waals surface area contributed by atoms with Crippen LogP contribution < -0.4 is 0 Å². The van der Waals surface area contributed by atoms with Crippen molar-refractivity contribution in [3.8, 4) is 0 Å². The maximum Gasteiger partial charge on any atom is 0.326 e. The molecule has 21 heavy (non-hydrogen) atoms. The van der Waals surface area contributed by atoms with Crippen LogP contribution in [0, 0.1) is 11.7 Å². The number of benzene rings is 1. The Morgan fingerprint density at radius 3 is 2.86 bits per heavy atom. The summed E-state index contributed by atoms with van der Waals surface area (Å²) in [5.41, 5.74) is 0.750. The number of piperidine rings is 1. The van der Waals surface area contributed by atoms with Crippen molar-refractivity contribution < 1.29 is 19.1 Å². The first kappa shape index (κ1) is 15.5. The first-order valence-corrected chi connectivity index (χ1v) is 7.26. The number of aliphatic carboxylic acids is 1. The van der Waals surface area contributed by atoms with Crippen LogP contribution in [0.5, 0.6) is 0 Å². The molecule has 1 aromatic carbocycles. The molecule has 2 atom stereocenters. The molecule has 114 valence electrons. The Hall–Kier alpha value is -1.91. The van der Waals surface area contributed by atoms with E-state index in [1.165, 1.54) is 17.0 Å². The molecule has 0 aliphatic carbocycles. The maximum absolute atomic E-state index is 13.2. The number of hydrogen-bond donors (Lipinski definition) is 1. The standard InChI is InChI=1S/C16H20FNO3/c1-11(9-12-5-4-6-13(17)10-12)15(19)18-8-3-2-7-14(18)16(20)21/h4-6,10-11,14H,2-3,7-9H2,1H3,(H,20,21)/t11?,14-/m1/s1. The van der Waals surface area contributed by atoms with Gasteiger partial charge in [-0.1, -0.05) is 19.1 Å². The zero-order valence-electron chi connectivity index (χ0n) is 12.1. The molecule has 1 N–H and O–H groups in total. The van der Waals surface area contributed by atoms with Crippen molar-refractivity contribution in [2.45, 2.75) is 38.6 Å². The highest BCUT2D eigenvalue weighted by Crippen LogP contribution is 2.21. The van der Waals surface area contributed by atoms with Gasteiger partial charge in [0.15, 0.2) is 0 Å². The second-order valence-electron chi connectivity index (χ2n) is 5.62. The minimum Gasteiger partial charge on any atom is -0.480 e. The molecule has 1 fully saturated rings. The molecule has 0 saturated carbocycles. The van der Waals surface area contributed by atoms with Crippen LogP contribution in [-0.2, 0) is 16.0 Å². The van der Waals surface area contributed by atoms with Crippen LogP contribution in [0.2, 0.25) is 0 Å². The zero-order valence-corrected chi connectivity index (χ0v) is 12.1. The van der Waals surface area contributed by atoms with Crippen molar-refractivity contribution in [3.05, 3.63) is 35.6 Å². The van der Waals surface area contributed by atoms with E-state index >= 15 is 0 Å². The summed E-state index contributed by atoms with van der Waals surface area (Å²) in [6, 6.07) is 5.44. The fourth-order valence-corrected chi connectivity index (χ4v) is 2.84. The van der Waals surface area contributed by atoms with Gasteiger partial charge < -0.3 is 10.0 Å². The first-order valence-electron chi connectivity index (χ1n) is 7.26. The summed E-state index contributed by atoms with van der Waals surface area (Å²) in [6.45, 7) is 2.25. The molecule has 1 unspecified atom stereocenters. The molecular weight excluding hydrogens is 273 g/mol. The van der Waals surface area contributed by atoms with Crippen LogP contribution in [0.4, 0.5) is 4.39 Å². The van der Waals surface area contributed by atoms with Crippen molar-refractivity contribution in [3.63, 3.8) is 0 Å². The van der Waals surface area contributed by atoms with Gasteiger partial charge in [0.05, 0.1) is 0 Å². The van der Waals surface area contributed by atoms with E-state index in [1.807, 2.05) is 0 Å². The van der Waals surface area contributed by atoms with E-state index in [0.29, 0.717) is 19.4 Å². The second-order valence-corrected chi connectivity index (χ2v) is 5.62. The Labute approximate surface area is 123 Å². The van der Waals surface area contributed by atoms with E-state index in [1.54, 1.807) is 19.1 Å². The van der Waals surface area contributed by atoms with Gasteiger partial charge in [-0.25, -0.2) is 9.18 Å². The smallest absolute Gasteiger partial charge is 0.326 e. The molecule has 1 aliphatic rings. The Kier molecular flexibility index (Phi) is 4.94. The molecule has 0 radical (unpaired) electrons. The van der Waals surface area contributed by atoms with E-state index in [0.717, 1.165) is 18.4 Å². The third-order valence-electron chi connectivity index (χ3n) is 3.92. The second kappa shape index (κ2) is 6.70. The highest BCUT2D eigenvalue weighted by Gasteiger charge is 2.33. The Balaban J connectivity index is 2.05. The molecule has 1 aromatic rings. The summed E-state index contributed by atoms with van der Waals surface area (Å²) in [4.78, 5) is 25.2. The summed E-state index contributed by atoms with van der Waals surface area (Å²) < 4.78 is 13.2. The van der Waals surface area contributed by atoms with Crippen LogP contribution in [-0.4, -0.2) is 34.5 Å². The largest absolute Gasteiger partial charge is 0.480 e.